The largest absolute Gasteiger partial charge is 1.00 e. The average Bonchev–Trinajstić information content (AvgIpc) is 2.27. The molecule has 0 saturated carbocycles. The number of benzene rings is 2. The van der Waals surface area contributed by atoms with E-state index in [0.29, 0.717) is 10.8 Å². The zero-order chi connectivity index (χ0) is 11.7. The van der Waals surface area contributed by atoms with Crippen molar-refractivity contribution in [3.05, 3.63) is 47.5 Å². The fraction of sp³-hybridized carbons (Fsp3) is 0. The first kappa shape index (κ1) is 17.6. The van der Waals surface area contributed by atoms with Gasteiger partial charge >= 0.3 is 59.1 Å². The quantitative estimate of drug-likeness (QED) is 0.503. The van der Waals surface area contributed by atoms with Crippen LogP contribution >= 0.6 is 0 Å². The molecule has 0 amide bonds. The Morgan fingerprint density at radius 1 is 0.889 bits per heavy atom. The molecule has 0 N–H and O–H groups in total. The van der Waals surface area contributed by atoms with Gasteiger partial charge in [0, 0.05) is 5.56 Å². The standard InChI is InChI=1S/C12H8O4.2Na/c13-11(14)8-5-4-7-2-1-3-9(12(15)16)10(7)6-8;;/h1-6H,(H,13,14)(H,15,16);;/q;2*+1/p-2. The number of carbonyl (C=O) groups excluding carboxylic acids is 2. The summed E-state index contributed by atoms with van der Waals surface area (Å²) in [6, 6.07) is 8.82. The summed E-state index contributed by atoms with van der Waals surface area (Å²) in [5.41, 5.74) is -0.0817. The van der Waals surface area contributed by atoms with Gasteiger partial charge in [0.1, 0.15) is 0 Å². The molecule has 2 aromatic carbocycles. The second kappa shape index (κ2) is 7.28. The first-order valence-electron chi connectivity index (χ1n) is 4.55. The van der Waals surface area contributed by atoms with Gasteiger partial charge in [-0.15, -0.1) is 0 Å². The molecule has 0 atom stereocenters. The Balaban J connectivity index is 0.00000144. The molecule has 0 radical (unpaired) electrons. The first-order chi connectivity index (χ1) is 7.59. The minimum atomic E-state index is -1.34. The molecule has 0 fully saturated rings. The second-order valence-corrected chi connectivity index (χ2v) is 3.32. The van der Waals surface area contributed by atoms with Crippen LogP contribution in [0, 0.1) is 0 Å². The van der Waals surface area contributed by atoms with Crippen LogP contribution in [0.25, 0.3) is 10.8 Å². The van der Waals surface area contributed by atoms with Gasteiger partial charge in [0.2, 0.25) is 0 Å². The third-order valence-corrected chi connectivity index (χ3v) is 2.34. The van der Waals surface area contributed by atoms with Crippen molar-refractivity contribution in [1.82, 2.24) is 0 Å². The maximum absolute atomic E-state index is 10.8. The molecular formula is C12H6Na2O4. The monoisotopic (exact) mass is 260 g/mol. The number of aromatic carboxylic acids is 2. The maximum Gasteiger partial charge on any atom is 1.00 e. The predicted molar refractivity (Wildman–Crippen MR) is 52.6 cm³/mol. The molecule has 80 valence electrons. The van der Waals surface area contributed by atoms with E-state index in [-0.39, 0.29) is 70.2 Å². The van der Waals surface area contributed by atoms with E-state index in [9.17, 15) is 19.8 Å². The predicted octanol–water partition coefficient (Wildman–Crippen LogP) is -6.43. The van der Waals surface area contributed by atoms with Gasteiger partial charge in [-0.1, -0.05) is 30.3 Å². The number of hydrogen-bond donors (Lipinski definition) is 0. The molecule has 0 unspecified atom stereocenters. The molecule has 0 aliphatic carbocycles. The molecule has 0 aliphatic heterocycles. The van der Waals surface area contributed by atoms with E-state index in [1.165, 1.54) is 24.3 Å². The molecule has 0 aromatic heterocycles. The van der Waals surface area contributed by atoms with Crippen molar-refractivity contribution in [2.24, 2.45) is 0 Å². The average molecular weight is 260 g/mol. The van der Waals surface area contributed by atoms with E-state index in [1.54, 1.807) is 12.1 Å². The summed E-state index contributed by atoms with van der Waals surface area (Å²) in [6.45, 7) is 0. The molecule has 0 spiro atoms. The Morgan fingerprint density at radius 3 is 2.11 bits per heavy atom. The summed E-state index contributed by atoms with van der Waals surface area (Å²) >= 11 is 0. The van der Waals surface area contributed by atoms with E-state index >= 15 is 0 Å². The molecule has 2 aromatic rings. The van der Waals surface area contributed by atoms with Crippen LogP contribution in [-0.4, -0.2) is 11.9 Å². The number of hydrogen-bond acceptors (Lipinski definition) is 4. The Morgan fingerprint density at radius 2 is 1.56 bits per heavy atom. The third-order valence-electron chi connectivity index (χ3n) is 2.34. The number of carboxylic acid groups (broad SMARTS) is 2. The van der Waals surface area contributed by atoms with Gasteiger partial charge in [0.15, 0.2) is 0 Å². The molecular weight excluding hydrogens is 254 g/mol. The van der Waals surface area contributed by atoms with Crippen molar-refractivity contribution < 1.29 is 78.9 Å². The van der Waals surface area contributed by atoms with E-state index in [0.717, 1.165) is 0 Å². The SMILES string of the molecule is O=C([O-])c1ccc2cccc(C(=O)[O-])c2c1.[Na+].[Na+]. The molecule has 18 heavy (non-hydrogen) atoms. The van der Waals surface area contributed by atoms with Gasteiger partial charge in [0.25, 0.3) is 0 Å². The summed E-state index contributed by atoms with van der Waals surface area (Å²) in [7, 11) is 0. The van der Waals surface area contributed by atoms with Gasteiger partial charge < -0.3 is 19.8 Å². The third kappa shape index (κ3) is 3.57. The summed E-state index contributed by atoms with van der Waals surface area (Å²) in [5, 5.41) is 22.5. The number of carboxylic acids is 2. The number of fused-ring (bicyclic) bond motifs is 1. The summed E-state index contributed by atoms with van der Waals surface area (Å²) in [5.74, 6) is -2.67. The fourth-order valence-corrected chi connectivity index (χ4v) is 1.58. The van der Waals surface area contributed by atoms with E-state index < -0.39 is 11.9 Å². The Kier molecular flexibility index (Phi) is 7.14. The maximum atomic E-state index is 10.8. The molecule has 0 aliphatic rings. The number of carbonyl (C=O) groups is 2. The fourth-order valence-electron chi connectivity index (χ4n) is 1.58. The van der Waals surface area contributed by atoms with Crippen LogP contribution in [0.5, 0.6) is 0 Å². The van der Waals surface area contributed by atoms with Crippen LogP contribution in [-0.2, 0) is 0 Å². The Labute approximate surface area is 148 Å². The summed E-state index contributed by atoms with van der Waals surface area (Å²) < 4.78 is 0. The molecule has 4 nitrogen and oxygen atoms in total. The van der Waals surface area contributed by atoms with E-state index in [4.69, 9.17) is 0 Å². The van der Waals surface area contributed by atoms with Gasteiger partial charge in [0.05, 0.1) is 11.9 Å². The van der Waals surface area contributed by atoms with Crippen molar-refractivity contribution in [1.29, 1.82) is 0 Å². The Hall–Kier alpha value is -0.360. The molecule has 2 rings (SSSR count). The van der Waals surface area contributed by atoms with Crippen LogP contribution in [0.15, 0.2) is 36.4 Å². The van der Waals surface area contributed by atoms with Crippen LogP contribution in [0.1, 0.15) is 20.7 Å². The number of rotatable bonds is 2. The van der Waals surface area contributed by atoms with Crippen LogP contribution < -0.4 is 69.3 Å². The second-order valence-electron chi connectivity index (χ2n) is 3.32. The van der Waals surface area contributed by atoms with Gasteiger partial charge in [-0.05, 0) is 22.4 Å². The first-order valence-corrected chi connectivity index (χ1v) is 4.55. The zero-order valence-corrected chi connectivity index (χ0v) is 14.1. The van der Waals surface area contributed by atoms with Crippen LogP contribution in [0.3, 0.4) is 0 Å². The van der Waals surface area contributed by atoms with Crippen molar-refractivity contribution in [2.45, 2.75) is 0 Å². The van der Waals surface area contributed by atoms with Gasteiger partial charge in [-0.25, -0.2) is 0 Å². The molecule has 0 heterocycles. The van der Waals surface area contributed by atoms with E-state index in [1.807, 2.05) is 0 Å². The molecule has 0 bridgehead atoms. The van der Waals surface area contributed by atoms with Crippen molar-refractivity contribution in [3.8, 4) is 0 Å². The smallest absolute Gasteiger partial charge is 0.545 e. The zero-order valence-electron chi connectivity index (χ0n) is 10.1. The molecule has 0 saturated heterocycles. The van der Waals surface area contributed by atoms with Gasteiger partial charge in [-0.3, -0.25) is 0 Å². The molecule has 6 heteroatoms. The van der Waals surface area contributed by atoms with Crippen molar-refractivity contribution >= 4 is 22.7 Å². The topological polar surface area (TPSA) is 80.3 Å². The van der Waals surface area contributed by atoms with Crippen molar-refractivity contribution in [2.75, 3.05) is 0 Å². The minimum Gasteiger partial charge on any atom is -0.545 e. The normalized spacial score (nSPS) is 9.11. The minimum absolute atomic E-state index is 0. The van der Waals surface area contributed by atoms with Crippen LogP contribution in [0.4, 0.5) is 0 Å². The van der Waals surface area contributed by atoms with Crippen molar-refractivity contribution in [3.63, 3.8) is 0 Å². The Bertz CT molecular complexity index is 596. The summed E-state index contributed by atoms with van der Waals surface area (Å²) in [4.78, 5) is 21.5. The van der Waals surface area contributed by atoms with Crippen LogP contribution in [0.2, 0.25) is 0 Å². The summed E-state index contributed by atoms with van der Waals surface area (Å²) in [6.07, 6.45) is 0. The van der Waals surface area contributed by atoms with E-state index in [2.05, 4.69) is 0 Å². The van der Waals surface area contributed by atoms with Gasteiger partial charge in [-0.2, -0.15) is 0 Å².